The second-order valence-corrected chi connectivity index (χ2v) is 4.57. The van der Waals surface area contributed by atoms with Crippen LogP contribution in [0.15, 0.2) is 0 Å². The number of likely N-dealkylation sites (tertiary alicyclic amines) is 1. The molecule has 0 spiro atoms. The minimum atomic E-state index is -0.957. The lowest BCUT2D eigenvalue weighted by Crippen LogP contribution is -2.41. The highest BCUT2D eigenvalue weighted by atomic mass is 16.4. The summed E-state index contributed by atoms with van der Waals surface area (Å²) < 4.78 is 0. The molecule has 5 heteroatoms. The Balaban J connectivity index is 2.08. The van der Waals surface area contributed by atoms with Crippen LogP contribution in [-0.2, 0) is 4.79 Å². The van der Waals surface area contributed by atoms with Gasteiger partial charge in [0, 0.05) is 19.1 Å². The molecule has 1 fully saturated rings. The molecule has 0 radical (unpaired) electrons. The van der Waals surface area contributed by atoms with E-state index in [0.717, 1.165) is 19.6 Å². The summed E-state index contributed by atoms with van der Waals surface area (Å²) in [6, 6.07) is 0.293. The van der Waals surface area contributed by atoms with Crippen LogP contribution in [0.1, 0.15) is 26.2 Å². The summed E-state index contributed by atoms with van der Waals surface area (Å²) in [5, 5.41) is 21.0. The Morgan fingerprint density at radius 3 is 2.62 bits per heavy atom. The Bertz CT molecular complexity index is 217. The summed E-state index contributed by atoms with van der Waals surface area (Å²) in [5.41, 5.74) is 0. The smallest absolute Gasteiger partial charge is 0.306 e. The van der Waals surface area contributed by atoms with Crippen LogP contribution in [0, 0.1) is 0 Å². The van der Waals surface area contributed by atoms with Gasteiger partial charge in [0.25, 0.3) is 0 Å². The van der Waals surface area contributed by atoms with Gasteiger partial charge >= 0.3 is 5.97 Å². The van der Waals surface area contributed by atoms with Crippen molar-refractivity contribution >= 4 is 5.97 Å². The predicted molar refractivity (Wildman–Crippen MR) is 61.4 cm³/mol. The minimum absolute atomic E-state index is 0.191. The van der Waals surface area contributed by atoms with Crippen molar-refractivity contribution in [2.45, 2.75) is 38.3 Å². The van der Waals surface area contributed by atoms with Gasteiger partial charge in [-0.25, -0.2) is 0 Å². The van der Waals surface area contributed by atoms with E-state index in [9.17, 15) is 9.90 Å². The zero-order valence-electron chi connectivity index (χ0n) is 9.85. The first-order valence-corrected chi connectivity index (χ1v) is 5.93. The van der Waals surface area contributed by atoms with Gasteiger partial charge in [-0.3, -0.25) is 4.79 Å². The SMILES string of the molecule is CC(CN1CCCC1)NCC(O)CC(=O)O. The van der Waals surface area contributed by atoms with E-state index in [1.165, 1.54) is 12.8 Å². The fourth-order valence-corrected chi connectivity index (χ4v) is 2.03. The lowest BCUT2D eigenvalue weighted by Gasteiger charge is -2.22. The largest absolute Gasteiger partial charge is 0.481 e. The highest BCUT2D eigenvalue weighted by Gasteiger charge is 2.15. The standard InChI is InChI=1S/C11H22N2O3/c1-9(8-13-4-2-3-5-13)12-7-10(14)6-11(15)16/h9-10,12,14H,2-8H2,1H3,(H,15,16). The average Bonchev–Trinajstić information content (AvgIpc) is 2.66. The van der Waals surface area contributed by atoms with E-state index >= 15 is 0 Å². The fraction of sp³-hybridized carbons (Fsp3) is 0.909. The molecule has 0 aliphatic carbocycles. The third-order valence-corrected chi connectivity index (χ3v) is 2.84. The Morgan fingerprint density at radius 2 is 2.06 bits per heavy atom. The number of hydrogen-bond acceptors (Lipinski definition) is 4. The number of carbonyl (C=O) groups is 1. The predicted octanol–water partition coefficient (Wildman–Crippen LogP) is -0.104. The normalized spacial score (nSPS) is 20.9. The van der Waals surface area contributed by atoms with Gasteiger partial charge in [0.15, 0.2) is 0 Å². The monoisotopic (exact) mass is 230 g/mol. The quantitative estimate of drug-likeness (QED) is 0.569. The molecule has 5 nitrogen and oxygen atoms in total. The van der Waals surface area contributed by atoms with Crippen molar-refractivity contribution in [1.29, 1.82) is 0 Å². The number of carboxylic acid groups (broad SMARTS) is 1. The number of aliphatic carboxylic acids is 1. The van der Waals surface area contributed by atoms with E-state index in [0.29, 0.717) is 12.6 Å². The van der Waals surface area contributed by atoms with Crippen molar-refractivity contribution in [1.82, 2.24) is 10.2 Å². The van der Waals surface area contributed by atoms with Gasteiger partial charge in [-0.2, -0.15) is 0 Å². The second-order valence-electron chi connectivity index (χ2n) is 4.57. The van der Waals surface area contributed by atoms with Crippen LogP contribution in [0.5, 0.6) is 0 Å². The molecular formula is C11H22N2O3. The first-order valence-electron chi connectivity index (χ1n) is 5.93. The maximum absolute atomic E-state index is 10.3. The number of rotatable bonds is 7. The molecule has 0 amide bonds. The molecule has 2 unspecified atom stereocenters. The molecule has 2 atom stereocenters. The van der Waals surface area contributed by atoms with Crippen LogP contribution >= 0.6 is 0 Å². The summed E-state index contributed by atoms with van der Waals surface area (Å²) >= 11 is 0. The highest BCUT2D eigenvalue weighted by molar-refractivity contribution is 5.67. The number of hydrogen-bond donors (Lipinski definition) is 3. The van der Waals surface area contributed by atoms with Crippen molar-refractivity contribution in [2.75, 3.05) is 26.2 Å². The Labute approximate surface area is 96.4 Å². The molecule has 1 aliphatic rings. The second kappa shape index (κ2) is 6.83. The van der Waals surface area contributed by atoms with Crippen LogP contribution < -0.4 is 5.32 Å². The molecule has 1 aliphatic heterocycles. The molecule has 94 valence electrons. The van der Waals surface area contributed by atoms with Gasteiger partial charge in [-0.1, -0.05) is 0 Å². The Kier molecular flexibility index (Phi) is 5.73. The number of carboxylic acids is 1. The van der Waals surface area contributed by atoms with E-state index in [-0.39, 0.29) is 6.42 Å². The molecule has 0 aromatic heterocycles. The summed E-state index contributed by atoms with van der Waals surface area (Å²) in [6.45, 7) is 5.69. The van der Waals surface area contributed by atoms with Crippen LogP contribution in [0.2, 0.25) is 0 Å². The summed E-state index contributed by atoms with van der Waals surface area (Å²) in [5.74, 6) is -0.957. The van der Waals surface area contributed by atoms with Gasteiger partial charge in [0.1, 0.15) is 0 Å². The highest BCUT2D eigenvalue weighted by Crippen LogP contribution is 2.07. The number of aliphatic hydroxyl groups is 1. The minimum Gasteiger partial charge on any atom is -0.481 e. The number of nitrogens with zero attached hydrogens (tertiary/aromatic N) is 1. The van der Waals surface area contributed by atoms with Crippen molar-refractivity contribution in [3.05, 3.63) is 0 Å². The van der Waals surface area contributed by atoms with E-state index in [2.05, 4.69) is 17.1 Å². The molecule has 0 aromatic rings. The fourth-order valence-electron chi connectivity index (χ4n) is 2.03. The van der Waals surface area contributed by atoms with E-state index in [1.807, 2.05) is 0 Å². The molecule has 0 bridgehead atoms. The van der Waals surface area contributed by atoms with Gasteiger partial charge in [0.05, 0.1) is 12.5 Å². The number of aliphatic hydroxyl groups excluding tert-OH is 1. The Hall–Kier alpha value is -0.650. The van der Waals surface area contributed by atoms with Crippen LogP contribution in [0.4, 0.5) is 0 Å². The van der Waals surface area contributed by atoms with Crippen molar-refractivity contribution in [3.63, 3.8) is 0 Å². The zero-order valence-corrected chi connectivity index (χ0v) is 9.85. The first kappa shape index (κ1) is 13.4. The van der Waals surface area contributed by atoms with Gasteiger partial charge in [0.2, 0.25) is 0 Å². The average molecular weight is 230 g/mol. The van der Waals surface area contributed by atoms with Gasteiger partial charge < -0.3 is 20.4 Å². The lowest BCUT2D eigenvalue weighted by molar-refractivity contribution is -0.139. The van der Waals surface area contributed by atoms with Crippen LogP contribution in [-0.4, -0.2) is 59.4 Å². The maximum Gasteiger partial charge on any atom is 0.306 e. The van der Waals surface area contributed by atoms with E-state index in [4.69, 9.17) is 5.11 Å². The topological polar surface area (TPSA) is 72.8 Å². The van der Waals surface area contributed by atoms with Crippen molar-refractivity contribution in [3.8, 4) is 0 Å². The molecule has 1 rings (SSSR count). The number of nitrogens with one attached hydrogen (secondary N) is 1. The van der Waals surface area contributed by atoms with Crippen molar-refractivity contribution in [2.24, 2.45) is 0 Å². The first-order chi connectivity index (χ1) is 7.58. The molecule has 1 saturated heterocycles. The lowest BCUT2D eigenvalue weighted by atomic mass is 10.2. The molecule has 3 N–H and O–H groups in total. The van der Waals surface area contributed by atoms with Crippen LogP contribution in [0.25, 0.3) is 0 Å². The summed E-state index contributed by atoms with van der Waals surface area (Å²) in [4.78, 5) is 12.7. The van der Waals surface area contributed by atoms with E-state index in [1.54, 1.807) is 0 Å². The summed E-state index contributed by atoms with van der Waals surface area (Å²) in [7, 11) is 0. The molecular weight excluding hydrogens is 208 g/mol. The summed E-state index contributed by atoms with van der Waals surface area (Å²) in [6.07, 6.45) is 1.56. The third-order valence-electron chi connectivity index (χ3n) is 2.84. The molecule has 0 aromatic carbocycles. The van der Waals surface area contributed by atoms with Gasteiger partial charge in [-0.15, -0.1) is 0 Å². The molecule has 1 heterocycles. The van der Waals surface area contributed by atoms with E-state index < -0.39 is 12.1 Å². The van der Waals surface area contributed by atoms with Gasteiger partial charge in [-0.05, 0) is 32.9 Å². The maximum atomic E-state index is 10.3. The third kappa shape index (κ3) is 5.44. The molecule has 0 saturated carbocycles. The van der Waals surface area contributed by atoms with Crippen molar-refractivity contribution < 1.29 is 15.0 Å². The molecule has 16 heavy (non-hydrogen) atoms. The zero-order chi connectivity index (χ0) is 12.0. The Morgan fingerprint density at radius 1 is 1.44 bits per heavy atom. The van der Waals surface area contributed by atoms with Crippen LogP contribution in [0.3, 0.4) is 0 Å².